The predicted octanol–water partition coefficient (Wildman–Crippen LogP) is 2.83. The number of Topliss-reactive ketones (excluding diaryl/α,β-unsaturated/α-hetero) is 1. The van der Waals surface area contributed by atoms with E-state index in [1.807, 2.05) is 31.2 Å². The number of para-hydroxylation sites is 1. The number of carbonyl (C=O) groups is 1. The highest BCUT2D eigenvalue weighted by atomic mass is 32.1. The second kappa shape index (κ2) is 4.78. The highest BCUT2D eigenvalue weighted by molar-refractivity contribution is 7.18. The lowest BCUT2D eigenvalue weighted by Crippen LogP contribution is -2.16. The third-order valence-corrected chi connectivity index (χ3v) is 4.35. The molecule has 4 heteroatoms. The minimum absolute atomic E-state index is 0.0620. The van der Waals surface area contributed by atoms with Crippen LogP contribution in [0.2, 0.25) is 0 Å². The fraction of sp³-hybridized carbons (Fsp3) is 0.429. The summed E-state index contributed by atoms with van der Waals surface area (Å²) in [5.41, 5.74) is 0.987. The lowest BCUT2D eigenvalue weighted by molar-refractivity contribution is -0.122. The molecule has 1 fully saturated rings. The summed E-state index contributed by atoms with van der Waals surface area (Å²) in [5.74, 6) is 0.324. The van der Waals surface area contributed by atoms with E-state index >= 15 is 0 Å². The summed E-state index contributed by atoms with van der Waals surface area (Å²) in [6, 6.07) is 8.00. The number of benzene rings is 1. The smallest absolute Gasteiger partial charge is 0.145 e. The molecule has 3 nitrogen and oxygen atoms in total. The van der Waals surface area contributed by atoms with Gasteiger partial charge in [-0.25, -0.2) is 4.98 Å². The van der Waals surface area contributed by atoms with Gasteiger partial charge in [0.2, 0.25) is 0 Å². The van der Waals surface area contributed by atoms with E-state index in [1.54, 1.807) is 11.3 Å². The normalized spacial score (nSPS) is 23.6. The number of aromatic nitrogens is 1. The molecule has 18 heavy (non-hydrogen) atoms. The summed E-state index contributed by atoms with van der Waals surface area (Å²) >= 11 is 1.61. The molecule has 0 amide bonds. The summed E-state index contributed by atoms with van der Waals surface area (Å²) in [6.07, 6.45) is 1.51. The van der Waals surface area contributed by atoms with Crippen molar-refractivity contribution in [2.24, 2.45) is 5.92 Å². The molecule has 1 aliphatic rings. The molecule has 0 N–H and O–H groups in total. The van der Waals surface area contributed by atoms with Crippen LogP contribution in [0.15, 0.2) is 24.3 Å². The third-order valence-electron chi connectivity index (χ3n) is 3.32. The Kier molecular flexibility index (Phi) is 3.14. The van der Waals surface area contributed by atoms with E-state index < -0.39 is 0 Å². The monoisotopic (exact) mass is 261 g/mol. The molecular weight excluding hydrogens is 246 g/mol. The number of carbonyl (C=O) groups excluding carboxylic acids is 1. The zero-order valence-electron chi connectivity index (χ0n) is 10.3. The molecule has 3 rings (SSSR count). The fourth-order valence-corrected chi connectivity index (χ4v) is 3.31. The van der Waals surface area contributed by atoms with Crippen molar-refractivity contribution >= 4 is 27.3 Å². The molecule has 2 heterocycles. The van der Waals surface area contributed by atoms with Crippen LogP contribution in [0.25, 0.3) is 10.2 Å². The second-order valence-corrected chi connectivity index (χ2v) is 5.91. The third kappa shape index (κ3) is 2.31. The van der Waals surface area contributed by atoms with Crippen molar-refractivity contribution in [1.82, 2.24) is 4.98 Å². The Morgan fingerprint density at radius 3 is 3.06 bits per heavy atom. The number of rotatable bonds is 3. The van der Waals surface area contributed by atoms with Crippen molar-refractivity contribution in [2.75, 3.05) is 6.61 Å². The molecule has 0 bridgehead atoms. The highest BCUT2D eigenvalue weighted by Gasteiger charge is 2.28. The standard InChI is InChI=1S/C14H15NO2S/c1-9-6-10(8-17-9)12(16)7-14-15-11-4-2-3-5-13(11)18-14/h2-5,9-10H,6-8H2,1H3. The van der Waals surface area contributed by atoms with Gasteiger partial charge in [0.15, 0.2) is 0 Å². The number of ketones is 1. The number of ether oxygens (including phenoxy) is 1. The topological polar surface area (TPSA) is 39.2 Å². The van der Waals surface area contributed by atoms with Crippen LogP contribution < -0.4 is 0 Å². The van der Waals surface area contributed by atoms with Crippen LogP contribution in [0.3, 0.4) is 0 Å². The van der Waals surface area contributed by atoms with Gasteiger partial charge in [0, 0.05) is 5.92 Å². The molecule has 2 aromatic rings. The van der Waals surface area contributed by atoms with Crippen LogP contribution in [0.1, 0.15) is 18.4 Å². The summed E-state index contributed by atoms with van der Waals surface area (Å²) in [6.45, 7) is 2.59. The molecule has 0 radical (unpaired) electrons. The van der Waals surface area contributed by atoms with Crippen molar-refractivity contribution in [3.05, 3.63) is 29.3 Å². The molecule has 1 aliphatic heterocycles. The van der Waals surface area contributed by atoms with Gasteiger partial charge in [-0.2, -0.15) is 0 Å². The molecule has 1 saturated heterocycles. The zero-order chi connectivity index (χ0) is 12.5. The van der Waals surface area contributed by atoms with Crippen LogP contribution in [0.4, 0.5) is 0 Å². The quantitative estimate of drug-likeness (QED) is 0.853. The molecule has 1 aromatic heterocycles. The maximum Gasteiger partial charge on any atom is 0.145 e. The first-order valence-corrected chi connectivity index (χ1v) is 7.03. The predicted molar refractivity (Wildman–Crippen MR) is 71.9 cm³/mol. The van der Waals surface area contributed by atoms with Crippen LogP contribution in [0, 0.1) is 5.92 Å². The van der Waals surface area contributed by atoms with Gasteiger partial charge in [0.05, 0.1) is 29.3 Å². The van der Waals surface area contributed by atoms with Crippen LogP contribution in [-0.2, 0) is 16.0 Å². The molecule has 0 aliphatic carbocycles. The van der Waals surface area contributed by atoms with E-state index in [-0.39, 0.29) is 17.8 Å². The van der Waals surface area contributed by atoms with Crippen molar-refractivity contribution in [1.29, 1.82) is 0 Å². The first-order chi connectivity index (χ1) is 8.72. The van der Waals surface area contributed by atoms with Crippen molar-refractivity contribution in [3.8, 4) is 0 Å². The number of thiazole rings is 1. The molecular formula is C14H15NO2S. The molecule has 1 aromatic carbocycles. The van der Waals surface area contributed by atoms with Gasteiger partial charge in [-0.1, -0.05) is 12.1 Å². The SMILES string of the molecule is CC1CC(C(=O)Cc2nc3ccccc3s2)CO1. The summed E-state index contributed by atoms with van der Waals surface area (Å²) in [7, 11) is 0. The maximum absolute atomic E-state index is 12.1. The lowest BCUT2D eigenvalue weighted by Gasteiger charge is -2.03. The summed E-state index contributed by atoms with van der Waals surface area (Å²) in [5, 5.41) is 0.917. The van der Waals surface area contributed by atoms with Gasteiger partial charge < -0.3 is 4.74 Å². The van der Waals surface area contributed by atoms with Crippen LogP contribution >= 0.6 is 11.3 Å². The highest BCUT2D eigenvalue weighted by Crippen LogP contribution is 2.25. The van der Waals surface area contributed by atoms with E-state index in [4.69, 9.17) is 4.74 Å². The van der Waals surface area contributed by atoms with Crippen molar-refractivity contribution in [2.45, 2.75) is 25.9 Å². The minimum atomic E-state index is 0.0620. The van der Waals surface area contributed by atoms with Gasteiger partial charge in [0.25, 0.3) is 0 Å². The number of fused-ring (bicyclic) bond motifs is 1. The van der Waals surface area contributed by atoms with Crippen LogP contribution in [-0.4, -0.2) is 23.5 Å². The van der Waals surface area contributed by atoms with Gasteiger partial charge >= 0.3 is 0 Å². The minimum Gasteiger partial charge on any atom is -0.378 e. The van der Waals surface area contributed by atoms with E-state index in [9.17, 15) is 4.79 Å². The van der Waals surface area contributed by atoms with Gasteiger partial charge in [-0.15, -0.1) is 11.3 Å². The molecule has 2 atom stereocenters. The van der Waals surface area contributed by atoms with Gasteiger partial charge in [-0.05, 0) is 25.5 Å². The number of hydrogen-bond acceptors (Lipinski definition) is 4. The average molecular weight is 261 g/mol. The second-order valence-electron chi connectivity index (χ2n) is 4.79. The zero-order valence-corrected chi connectivity index (χ0v) is 11.1. The average Bonchev–Trinajstić information content (AvgIpc) is 2.94. The number of nitrogens with zero attached hydrogens (tertiary/aromatic N) is 1. The Labute approximate surface area is 110 Å². The Bertz CT molecular complexity index is 545. The molecule has 0 spiro atoms. The van der Waals surface area contributed by atoms with E-state index in [0.717, 1.165) is 21.6 Å². The van der Waals surface area contributed by atoms with E-state index in [0.29, 0.717) is 13.0 Å². The molecule has 94 valence electrons. The van der Waals surface area contributed by atoms with Crippen molar-refractivity contribution < 1.29 is 9.53 Å². The Hall–Kier alpha value is -1.26. The van der Waals surface area contributed by atoms with Gasteiger partial charge in [0.1, 0.15) is 10.8 Å². The Balaban J connectivity index is 1.74. The van der Waals surface area contributed by atoms with Gasteiger partial charge in [-0.3, -0.25) is 4.79 Å². The Morgan fingerprint density at radius 1 is 1.50 bits per heavy atom. The largest absolute Gasteiger partial charge is 0.378 e. The van der Waals surface area contributed by atoms with E-state index in [1.165, 1.54) is 0 Å². The maximum atomic E-state index is 12.1. The first-order valence-electron chi connectivity index (χ1n) is 6.21. The Morgan fingerprint density at radius 2 is 2.33 bits per heavy atom. The van der Waals surface area contributed by atoms with Crippen molar-refractivity contribution in [3.63, 3.8) is 0 Å². The van der Waals surface area contributed by atoms with E-state index in [2.05, 4.69) is 4.98 Å². The molecule has 0 saturated carbocycles. The van der Waals surface area contributed by atoms with Crippen LogP contribution in [0.5, 0.6) is 0 Å². The number of hydrogen-bond donors (Lipinski definition) is 0. The summed E-state index contributed by atoms with van der Waals surface area (Å²) in [4.78, 5) is 16.6. The summed E-state index contributed by atoms with van der Waals surface area (Å²) < 4.78 is 6.59. The first kappa shape index (κ1) is 11.8. The molecule has 2 unspecified atom stereocenters. The fourth-order valence-electron chi connectivity index (χ4n) is 2.33. The lowest BCUT2D eigenvalue weighted by atomic mass is 9.99.